The molecule has 174 valence electrons. The molecule has 0 aromatic heterocycles. The summed E-state index contributed by atoms with van der Waals surface area (Å²) in [7, 11) is 0. The Labute approximate surface area is 206 Å². The minimum absolute atomic E-state index is 0.133. The number of ketones is 1. The number of phenolic OH excluding ortho intramolecular Hbond substituents is 1. The molecular formula is C27H24BrFN2O3. The van der Waals surface area contributed by atoms with E-state index in [1.165, 1.54) is 12.1 Å². The third-order valence-electron chi connectivity index (χ3n) is 6.31. The minimum Gasteiger partial charge on any atom is -0.507 e. The van der Waals surface area contributed by atoms with Crippen LogP contribution < -0.4 is 9.64 Å². The second kappa shape index (κ2) is 9.24. The van der Waals surface area contributed by atoms with Gasteiger partial charge in [0.2, 0.25) is 5.78 Å². The van der Waals surface area contributed by atoms with E-state index in [1.54, 1.807) is 24.3 Å². The highest BCUT2D eigenvalue weighted by Gasteiger charge is 2.34. The zero-order valence-electron chi connectivity index (χ0n) is 18.7. The van der Waals surface area contributed by atoms with Gasteiger partial charge in [0.05, 0.1) is 11.1 Å². The highest BCUT2D eigenvalue weighted by molar-refractivity contribution is 9.10. The molecule has 3 aromatic carbocycles. The van der Waals surface area contributed by atoms with Gasteiger partial charge in [0.15, 0.2) is 5.76 Å². The number of halogens is 2. The molecule has 2 aliphatic rings. The van der Waals surface area contributed by atoms with E-state index in [4.69, 9.17) is 4.74 Å². The SMILES string of the molecule is Cc1cc(O)c(CN2CCN(c3ccc(F)cc3)CC2)c2c1C(=O)/C(=C/c1cccc(Br)c1)O2. The number of piperazine rings is 1. The molecule has 0 unspecified atom stereocenters. The molecule has 5 rings (SSSR count). The predicted octanol–water partition coefficient (Wildman–Crippen LogP) is 5.54. The Morgan fingerprint density at radius 2 is 1.82 bits per heavy atom. The van der Waals surface area contributed by atoms with Gasteiger partial charge in [-0.15, -0.1) is 0 Å². The maximum atomic E-state index is 13.2. The smallest absolute Gasteiger partial charge is 0.232 e. The number of phenols is 1. The highest BCUT2D eigenvalue weighted by Crippen LogP contribution is 2.42. The first kappa shape index (κ1) is 22.6. The molecule has 2 aliphatic heterocycles. The number of rotatable bonds is 4. The summed E-state index contributed by atoms with van der Waals surface area (Å²) in [4.78, 5) is 17.6. The quantitative estimate of drug-likeness (QED) is 0.456. The van der Waals surface area contributed by atoms with Crippen molar-refractivity contribution in [1.29, 1.82) is 0 Å². The maximum Gasteiger partial charge on any atom is 0.232 e. The van der Waals surface area contributed by atoms with Gasteiger partial charge in [-0.3, -0.25) is 9.69 Å². The molecular weight excluding hydrogens is 499 g/mol. The molecule has 0 radical (unpaired) electrons. The number of fused-ring (bicyclic) bond motifs is 1. The molecule has 0 atom stereocenters. The molecule has 1 fully saturated rings. The fourth-order valence-corrected chi connectivity index (χ4v) is 4.94. The third kappa shape index (κ3) is 4.45. The fourth-order valence-electron chi connectivity index (χ4n) is 4.52. The monoisotopic (exact) mass is 522 g/mol. The van der Waals surface area contributed by atoms with Crippen LogP contribution in [0.1, 0.15) is 27.0 Å². The second-order valence-electron chi connectivity index (χ2n) is 8.63. The molecule has 0 spiro atoms. The van der Waals surface area contributed by atoms with Crippen molar-refractivity contribution in [3.05, 3.63) is 92.9 Å². The van der Waals surface area contributed by atoms with Crippen molar-refractivity contribution in [2.24, 2.45) is 0 Å². The van der Waals surface area contributed by atoms with Crippen LogP contribution in [0.25, 0.3) is 6.08 Å². The van der Waals surface area contributed by atoms with Crippen LogP contribution in [0.5, 0.6) is 11.5 Å². The number of carbonyl (C=O) groups excluding carboxylic acids is 1. The summed E-state index contributed by atoms with van der Waals surface area (Å²) < 4.78 is 20.2. The molecule has 0 bridgehead atoms. The first-order valence-corrected chi connectivity index (χ1v) is 12.0. The molecule has 5 nitrogen and oxygen atoms in total. The van der Waals surface area contributed by atoms with E-state index in [-0.39, 0.29) is 23.1 Å². The van der Waals surface area contributed by atoms with Crippen molar-refractivity contribution in [2.45, 2.75) is 13.5 Å². The molecule has 0 amide bonds. The number of hydrogen-bond donors (Lipinski definition) is 1. The molecule has 2 heterocycles. The average Bonchev–Trinajstić information content (AvgIpc) is 3.14. The van der Waals surface area contributed by atoms with Gasteiger partial charge >= 0.3 is 0 Å². The Morgan fingerprint density at radius 3 is 2.53 bits per heavy atom. The Hall–Kier alpha value is -3.16. The molecule has 0 aliphatic carbocycles. The van der Waals surface area contributed by atoms with Gasteiger partial charge in [0.25, 0.3) is 0 Å². The fraction of sp³-hybridized carbons (Fsp3) is 0.222. The topological polar surface area (TPSA) is 53.0 Å². The average molecular weight is 523 g/mol. The van der Waals surface area contributed by atoms with E-state index in [9.17, 15) is 14.3 Å². The van der Waals surface area contributed by atoms with Gasteiger partial charge in [-0.1, -0.05) is 28.1 Å². The van der Waals surface area contributed by atoms with Crippen molar-refractivity contribution in [1.82, 2.24) is 4.90 Å². The predicted molar refractivity (Wildman–Crippen MR) is 134 cm³/mol. The van der Waals surface area contributed by atoms with E-state index in [2.05, 4.69) is 25.7 Å². The number of hydrogen-bond acceptors (Lipinski definition) is 5. The summed E-state index contributed by atoms with van der Waals surface area (Å²) >= 11 is 3.45. The Morgan fingerprint density at radius 1 is 1.09 bits per heavy atom. The summed E-state index contributed by atoms with van der Waals surface area (Å²) in [5.74, 6) is 0.423. The van der Waals surface area contributed by atoms with Gasteiger partial charge in [0.1, 0.15) is 17.3 Å². The van der Waals surface area contributed by atoms with Crippen molar-refractivity contribution in [2.75, 3.05) is 31.1 Å². The lowest BCUT2D eigenvalue weighted by molar-refractivity contribution is 0.101. The van der Waals surface area contributed by atoms with Gasteiger partial charge < -0.3 is 14.7 Å². The number of allylic oxidation sites excluding steroid dienone is 1. The van der Waals surface area contributed by atoms with Crippen LogP contribution >= 0.6 is 15.9 Å². The minimum atomic E-state index is -0.242. The summed E-state index contributed by atoms with van der Waals surface area (Å²) in [6.07, 6.45) is 1.73. The van der Waals surface area contributed by atoms with Gasteiger partial charge in [-0.2, -0.15) is 0 Å². The largest absolute Gasteiger partial charge is 0.507 e. The Bertz CT molecular complexity index is 1280. The first-order chi connectivity index (χ1) is 16.4. The van der Waals surface area contributed by atoms with Crippen LogP contribution in [-0.2, 0) is 6.54 Å². The van der Waals surface area contributed by atoms with E-state index in [1.807, 2.05) is 31.2 Å². The molecule has 1 N–H and O–H groups in total. The zero-order valence-corrected chi connectivity index (χ0v) is 20.3. The summed E-state index contributed by atoms with van der Waals surface area (Å²) in [6.45, 7) is 5.40. The van der Waals surface area contributed by atoms with Gasteiger partial charge in [0, 0.05) is 42.9 Å². The lowest BCUT2D eigenvalue weighted by atomic mass is 9.99. The zero-order chi connectivity index (χ0) is 23.8. The van der Waals surface area contributed by atoms with E-state index in [0.717, 1.165) is 41.9 Å². The highest BCUT2D eigenvalue weighted by atomic mass is 79.9. The number of aromatic hydroxyl groups is 1. The van der Waals surface area contributed by atoms with Crippen LogP contribution in [0, 0.1) is 12.7 Å². The van der Waals surface area contributed by atoms with Crippen LogP contribution in [0.2, 0.25) is 0 Å². The molecule has 0 saturated carbocycles. The summed E-state index contributed by atoms with van der Waals surface area (Å²) in [5, 5.41) is 10.8. The van der Waals surface area contributed by atoms with Crippen LogP contribution in [0.3, 0.4) is 0 Å². The second-order valence-corrected chi connectivity index (χ2v) is 9.55. The van der Waals surface area contributed by atoms with Crippen LogP contribution in [0.15, 0.2) is 64.8 Å². The maximum absolute atomic E-state index is 13.2. The number of aryl methyl sites for hydroxylation is 1. The number of ether oxygens (including phenoxy) is 1. The number of carbonyl (C=O) groups is 1. The van der Waals surface area contributed by atoms with E-state index in [0.29, 0.717) is 29.0 Å². The van der Waals surface area contributed by atoms with Crippen LogP contribution in [0.4, 0.5) is 10.1 Å². The Balaban J connectivity index is 1.36. The van der Waals surface area contributed by atoms with E-state index >= 15 is 0 Å². The molecule has 1 saturated heterocycles. The van der Waals surface area contributed by atoms with Gasteiger partial charge in [-0.05, 0) is 66.6 Å². The third-order valence-corrected chi connectivity index (χ3v) is 6.81. The summed E-state index contributed by atoms with van der Waals surface area (Å²) in [5.41, 5.74) is 3.68. The van der Waals surface area contributed by atoms with E-state index < -0.39 is 0 Å². The van der Waals surface area contributed by atoms with Crippen molar-refractivity contribution in [3.8, 4) is 11.5 Å². The molecule has 7 heteroatoms. The van der Waals surface area contributed by atoms with Crippen molar-refractivity contribution >= 4 is 33.5 Å². The lowest BCUT2D eigenvalue weighted by Gasteiger charge is -2.36. The lowest BCUT2D eigenvalue weighted by Crippen LogP contribution is -2.46. The first-order valence-electron chi connectivity index (χ1n) is 11.2. The molecule has 34 heavy (non-hydrogen) atoms. The number of nitrogens with zero attached hydrogens (tertiary/aromatic N) is 2. The number of benzene rings is 3. The van der Waals surface area contributed by atoms with Crippen molar-refractivity contribution in [3.63, 3.8) is 0 Å². The number of Topliss-reactive ketones (excluding diaryl/α,β-unsaturated/α-hetero) is 1. The number of anilines is 1. The van der Waals surface area contributed by atoms with Gasteiger partial charge in [-0.25, -0.2) is 4.39 Å². The van der Waals surface area contributed by atoms with Crippen molar-refractivity contribution < 1.29 is 19.0 Å². The molecule has 3 aromatic rings. The standard InChI is InChI=1S/C27H24BrFN2O3/c1-17-13-23(32)22(16-30-9-11-31(12-10-30)21-7-5-20(29)6-8-21)27-25(17)26(33)24(34-27)15-18-3-2-4-19(28)14-18/h2-8,13-15,32H,9-12,16H2,1H3/b24-15-. The summed E-state index contributed by atoms with van der Waals surface area (Å²) in [6, 6.07) is 15.8. The normalized spacial score (nSPS) is 17.2. The Kier molecular flexibility index (Phi) is 6.15. The van der Waals surface area contributed by atoms with Crippen LogP contribution in [-0.4, -0.2) is 42.0 Å².